The molecule has 1 amide bonds. The summed E-state index contributed by atoms with van der Waals surface area (Å²) < 4.78 is 0. The second kappa shape index (κ2) is 7.87. The molecule has 0 aromatic carbocycles. The van der Waals surface area contributed by atoms with Gasteiger partial charge < -0.3 is 10.4 Å². The maximum absolute atomic E-state index is 11.5. The van der Waals surface area contributed by atoms with Crippen molar-refractivity contribution in [3.05, 3.63) is 22.4 Å². The van der Waals surface area contributed by atoms with Gasteiger partial charge in [-0.2, -0.15) is 0 Å². The molecule has 1 aromatic rings. The fourth-order valence-electron chi connectivity index (χ4n) is 1.62. The lowest BCUT2D eigenvalue weighted by atomic mass is 10.1. The van der Waals surface area contributed by atoms with E-state index in [0.717, 1.165) is 12.8 Å². The first-order valence-corrected chi connectivity index (χ1v) is 6.96. The molecule has 1 unspecified atom stereocenters. The molecule has 0 bridgehead atoms. The Morgan fingerprint density at radius 2 is 2.28 bits per heavy atom. The summed E-state index contributed by atoms with van der Waals surface area (Å²) in [6.07, 6.45) is 2.35. The van der Waals surface area contributed by atoms with Gasteiger partial charge in [0.25, 0.3) is 0 Å². The van der Waals surface area contributed by atoms with E-state index < -0.39 is 5.97 Å². The smallest absolute Gasteiger partial charge is 0.303 e. The van der Waals surface area contributed by atoms with Gasteiger partial charge in [0, 0.05) is 24.3 Å². The number of carboxylic acid groups (broad SMARTS) is 1. The Hall–Kier alpha value is -1.36. The molecule has 0 aliphatic carbocycles. The first kappa shape index (κ1) is 14.7. The highest BCUT2D eigenvalue weighted by atomic mass is 32.1. The van der Waals surface area contributed by atoms with E-state index in [2.05, 4.69) is 11.4 Å². The van der Waals surface area contributed by atoms with Gasteiger partial charge in [0.15, 0.2) is 0 Å². The SMILES string of the molecule is CC(CNC(=O)CCCc1cccs1)CC(=O)O. The van der Waals surface area contributed by atoms with E-state index in [-0.39, 0.29) is 18.2 Å². The van der Waals surface area contributed by atoms with E-state index in [1.165, 1.54) is 4.88 Å². The Morgan fingerprint density at radius 3 is 2.89 bits per heavy atom. The van der Waals surface area contributed by atoms with Crippen molar-refractivity contribution in [2.75, 3.05) is 6.54 Å². The Morgan fingerprint density at radius 1 is 1.50 bits per heavy atom. The van der Waals surface area contributed by atoms with Crippen molar-refractivity contribution >= 4 is 23.2 Å². The molecule has 0 aliphatic rings. The number of rotatable bonds is 8. The summed E-state index contributed by atoms with van der Waals surface area (Å²) in [5.41, 5.74) is 0. The lowest BCUT2D eigenvalue weighted by Gasteiger charge is -2.10. The lowest BCUT2D eigenvalue weighted by Crippen LogP contribution is -2.29. The van der Waals surface area contributed by atoms with Gasteiger partial charge >= 0.3 is 5.97 Å². The number of hydrogen-bond acceptors (Lipinski definition) is 3. The zero-order valence-electron chi connectivity index (χ0n) is 10.5. The summed E-state index contributed by atoms with van der Waals surface area (Å²) in [5, 5.41) is 13.4. The number of nitrogens with one attached hydrogen (secondary N) is 1. The largest absolute Gasteiger partial charge is 0.481 e. The summed E-state index contributed by atoms with van der Waals surface area (Å²) in [5.74, 6) is -0.845. The third kappa shape index (κ3) is 6.39. The minimum atomic E-state index is -0.825. The molecule has 4 nitrogen and oxygen atoms in total. The van der Waals surface area contributed by atoms with Crippen LogP contribution in [0.3, 0.4) is 0 Å². The molecule has 1 atom stereocenters. The Balaban J connectivity index is 2.08. The Labute approximate surface area is 111 Å². The van der Waals surface area contributed by atoms with Gasteiger partial charge in [-0.05, 0) is 30.2 Å². The van der Waals surface area contributed by atoms with Crippen LogP contribution in [0.1, 0.15) is 31.1 Å². The first-order chi connectivity index (χ1) is 8.58. The van der Waals surface area contributed by atoms with Crippen LogP contribution in [0.15, 0.2) is 17.5 Å². The molecule has 100 valence electrons. The average molecular weight is 269 g/mol. The van der Waals surface area contributed by atoms with Crippen LogP contribution in [0.25, 0.3) is 0 Å². The first-order valence-electron chi connectivity index (χ1n) is 6.09. The van der Waals surface area contributed by atoms with Crippen LogP contribution in [-0.4, -0.2) is 23.5 Å². The van der Waals surface area contributed by atoms with Crippen LogP contribution in [-0.2, 0) is 16.0 Å². The fourth-order valence-corrected chi connectivity index (χ4v) is 2.38. The van der Waals surface area contributed by atoms with Crippen LogP contribution in [0.4, 0.5) is 0 Å². The molecule has 2 N–H and O–H groups in total. The van der Waals surface area contributed by atoms with Crippen LogP contribution < -0.4 is 5.32 Å². The topological polar surface area (TPSA) is 66.4 Å². The number of carbonyl (C=O) groups is 2. The highest BCUT2D eigenvalue weighted by Crippen LogP contribution is 2.11. The maximum Gasteiger partial charge on any atom is 0.303 e. The van der Waals surface area contributed by atoms with E-state index in [1.54, 1.807) is 11.3 Å². The van der Waals surface area contributed by atoms with Gasteiger partial charge in [-0.3, -0.25) is 9.59 Å². The fraction of sp³-hybridized carbons (Fsp3) is 0.538. The minimum Gasteiger partial charge on any atom is -0.481 e. The molecule has 1 heterocycles. The zero-order valence-corrected chi connectivity index (χ0v) is 11.3. The molecule has 0 fully saturated rings. The van der Waals surface area contributed by atoms with E-state index in [0.29, 0.717) is 13.0 Å². The number of thiophene rings is 1. The second-order valence-corrected chi connectivity index (χ2v) is 5.47. The molecule has 1 aromatic heterocycles. The van der Waals surface area contributed by atoms with Crippen LogP contribution >= 0.6 is 11.3 Å². The van der Waals surface area contributed by atoms with Gasteiger partial charge in [0.1, 0.15) is 0 Å². The van der Waals surface area contributed by atoms with Crippen molar-refractivity contribution < 1.29 is 14.7 Å². The molecule has 18 heavy (non-hydrogen) atoms. The van der Waals surface area contributed by atoms with E-state index in [4.69, 9.17) is 5.11 Å². The zero-order chi connectivity index (χ0) is 13.4. The summed E-state index contributed by atoms with van der Waals surface area (Å²) in [4.78, 5) is 23.2. The normalized spacial score (nSPS) is 12.1. The molecule has 0 saturated heterocycles. The molecule has 1 rings (SSSR count). The maximum atomic E-state index is 11.5. The van der Waals surface area contributed by atoms with Crippen molar-refractivity contribution in [3.8, 4) is 0 Å². The molecule has 0 aliphatic heterocycles. The summed E-state index contributed by atoms with van der Waals surface area (Å²) >= 11 is 1.70. The van der Waals surface area contributed by atoms with Crippen LogP contribution in [0.5, 0.6) is 0 Å². The third-order valence-corrected chi connectivity index (χ3v) is 3.51. The summed E-state index contributed by atoms with van der Waals surface area (Å²) in [6, 6.07) is 4.07. The Kier molecular flexibility index (Phi) is 6.43. The van der Waals surface area contributed by atoms with Gasteiger partial charge in [-0.15, -0.1) is 11.3 Å². The molecule has 0 saturated carbocycles. The van der Waals surface area contributed by atoms with Gasteiger partial charge in [-0.25, -0.2) is 0 Å². The monoisotopic (exact) mass is 269 g/mol. The minimum absolute atomic E-state index is 0.00351. The number of aryl methyl sites for hydroxylation is 1. The van der Waals surface area contributed by atoms with Crippen molar-refractivity contribution in [2.24, 2.45) is 5.92 Å². The molecule has 0 radical (unpaired) electrons. The van der Waals surface area contributed by atoms with Crippen molar-refractivity contribution in [1.29, 1.82) is 0 Å². The van der Waals surface area contributed by atoms with Crippen molar-refractivity contribution in [2.45, 2.75) is 32.6 Å². The van der Waals surface area contributed by atoms with E-state index in [9.17, 15) is 9.59 Å². The Bertz CT molecular complexity index is 376. The van der Waals surface area contributed by atoms with Crippen LogP contribution in [0, 0.1) is 5.92 Å². The molecular weight excluding hydrogens is 250 g/mol. The standard InChI is InChI=1S/C13H19NO3S/c1-10(8-13(16)17)9-14-12(15)6-2-4-11-5-3-7-18-11/h3,5,7,10H,2,4,6,8-9H2,1H3,(H,14,15)(H,16,17). The number of aliphatic carboxylic acids is 1. The quantitative estimate of drug-likeness (QED) is 0.761. The van der Waals surface area contributed by atoms with Crippen molar-refractivity contribution in [3.63, 3.8) is 0 Å². The molecule has 5 heteroatoms. The van der Waals surface area contributed by atoms with Gasteiger partial charge in [-0.1, -0.05) is 13.0 Å². The summed E-state index contributed by atoms with van der Waals surface area (Å²) in [7, 11) is 0. The van der Waals surface area contributed by atoms with Gasteiger partial charge in [0.2, 0.25) is 5.91 Å². The van der Waals surface area contributed by atoms with Gasteiger partial charge in [0.05, 0.1) is 0 Å². The number of amides is 1. The number of carbonyl (C=O) groups excluding carboxylic acids is 1. The highest BCUT2D eigenvalue weighted by molar-refractivity contribution is 7.09. The number of hydrogen-bond donors (Lipinski definition) is 2. The third-order valence-electron chi connectivity index (χ3n) is 2.58. The van der Waals surface area contributed by atoms with E-state index >= 15 is 0 Å². The molecule has 0 spiro atoms. The molecular formula is C13H19NO3S. The van der Waals surface area contributed by atoms with E-state index in [1.807, 2.05) is 18.4 Å². The van der Waals surface area contributed by atoms with Crippen LogP contribution in [0.2, 0.25) is 0 Å². The lowest BCUT2D eigenvalue weighted by molar-refractivity contribution is -0.138. The number of carboxylic acids is 1. The summed E-state index contributed by atoms with van der Waals surface area (Å²) in [6.45, 7) is 2.25. The highest BCUT2D eigenvalue weighted by Gasteiger charge is 2.09. The predicted molar refractivity (Wildman–Crippen MR) is 71.7 cm³/mol. The second-order valence-electron chi connectivity index (χ2n) is 4.44. The predicted octanol–water partition coefficient (Wildman–Crippen LogP) is 2.30. The van der Waals surface area contributed by atoms with Crippen molar-refractivity contribution in [1.82, 2.24) is 5.32 Å². The average Bonchev–Trinajstić information content (AvgIpc) is 2.78.